The van der Waals surface area contributed by atoms with E-state index >= 15 is 0 Å². The highest BCUT2D eigenvalue weighted by atomic mass is 16.3. The van der Waals surface area contributed by atoms with E-state index in [1.165, 1.54) is 0 Å². The van der Waals surface area contributed by atoms with Gasteiger partial charge in [0.15, 0.2) is 0 Å². The Morgan fingerprint density at radius 3 is 3.14 bits per heavy atom. The molecule has 1 aromatic heterocycles. The fourth-order valence-corrected chi connectivity index (χ4v) is 2.01. The summed E-state index contributed by atoms with van der Waals surface area (Å²) in [7, 11) is 0. The number of pyridine rings is 1. The van der Waals surface area contributed by atoms with Crippen LogP contribution in [0.5, 0.6) is 0 Å². The third-order valence-corrected chi connectivity index (χ3v) is 3.05. The summed E-state index contributed by atoms with van der Waals surface area (Å²) in [6.07, 6.45) is 5.09. The van der Waals surface area contributed by atoms with Crippen LogP contribution in [0.1, 0.15) is 18.9 Å². The molecule has 2 N–H and O–H groups in total. The lowest BCUT2D eigenvalue weighted by molar-refractivity contribution is 0.0334. The van der Waals surface area contributed by atoms with E-state index in [1.54, 1.807) is 6.20 Å². The maximum atomic E-state index is 10.3. The first-order valence-electron chi connectivity index (χ1n) is 5.05. The van der Waals surface area contributed by atoms with Crippen molar-refractivity contribution >= 4 is 0 Å². The molecular weight excluding hydrogens is 176 g/mol. The first-order chi connectivity index (χ1) is 6.71. The van der Waals surface area contributed by atoms with Gasteiger partial charge in [-0.25, -0.2) is 0 Å². The van der Waals surface area contributed by atoms with Gasteiger partial charge in [0.25, 0.3) is 0 Å². The van der Waals surface area contributed by atoms with Crippen LogP contribution in [0.4, 0.5) is 0 Å². The molecule has 0 radical (unpaired) electrons. The van der Waals surface area contributed by atoms with Crippen LogP contribution >= 0.6 is 0 Å². The monoisotopic (exact) mass is 192 g/mol. The Hall–Kier alpha value is -0.930. The lowest BCUT2D eigenvalue weighted by atomic mass is 9.89. The largest absolute Gasteiger partial charge is 0.388 e. The lowest BCUT2D eigenvalue weighted by Gasteiger charge is -2.26. The van der Waals surface area contributed by atoms with E-state index in [0.29, 0.717) is 6.42 Å². The van der Waals surface area contributed by atoms with Gasteiger partial charge in [-0.3, -0.25) is 4.98 Å². The lowest BCUT2D eigenvalue weighted by Crippen LogP contribution is -2.42. The molecule has 1 aliphatic rings. The number of hydrogen-bond donors (Lipinski definition) is 2. The Balaban J connectivity index is 2.10. The molecule has 0 aliphatic carbocycles. The molecule has 0 bridgehead atoms. The van der Waals surface area contributed by atoms with Crippen LogP contribution in [0.3, 0.4) is 0 Å². The standard InChI is InChI=1S/C11H16N2O/c1-9-11(14,4-6-13-9)7-10-3-2-5-12-8-10/h2-3,5,8-9,13-14H,4,6-7H2,1H3. The number of hydrogen-bond acceptors (Lipinski definition) is 3. The molecule has 3 heteroatoms. The molecule has 1 aliphatic heterocycles. The molecule has 2 rings (SSSR count). The molecule has 2 atom stereocenters. The minimum atomic E-state index is -0.594. The summed E-state index contributed by atoms with van der Waals surface area (Å²) in [5.41, 5.74) is 0.508. The Morgan fingerprint density at radius 2 is 2.57 bits per heavy atom. The van der Waals surface area contributed by atoms with Crippen LogP contribution in [0.15, 0.2) is 24.5 Å². The molecular formula is C11H16N2O. The number of aromatic nitrogens is 1. The van der Waals surface area contributed by atoms with Crippen LogP contribution in [0.2, 0.25) is 0 Å². The number of nitrogens with zero attached hydrogens (tertiary/aromatic N) is 1. The van der Waals surface area contributed by atoms with Gasteiger partial charge in [-0.1, -0.05) is 6.07 Å². The van der Waals surface area contributed by atoms with Gasteiger partial charge in [0, 0.05) is 24.9 Å². The van der Waals surface area contributed by atoms with Crippen molar-refractivity contribution < 1.29 is 5.11 Å². The minimum absolute atomic E-state index is 0.169. The van der Waals surface area contributed by atoms with Crippen molar-refractivity contribution in [3.05, 3.63) is 30.1 Å². The predicted octanol–water partition coefficient (Wildman–Crippen LogP) is 0.737. The second-order valence-corrected chi connectivity index (χ2v) is 4.07. The molecule has 2 heterocycles. The molecule has 3 nitrogen and oxygen atoms in total. The SMILES string of the molecule is CC1NCCC1(O)Cc1cccnc1. The van der Waals surface area contributed by atoms with Crippen LogP contribution in [-0.4, -0.2) is 28.3 Å². The van der Waals surface area contributed by atoms with Crippen molar-refractivity contribution in [2.24, 2.45) is 0 Å². The van der Waals surface area contributed by atoms with Crippen molar-refractivity contribution in [2.75, 3.05) is 6.54 Å². The summed E-state index contributed by atoms with van der Waals surface area (Å²) >= 11 is 0. The molecule has 1 aromatic rings. The van der Waals surface area contributed by atoms with E-state index in [-0.39, 0.29) is 6.04 Å². The highest BCUT2D eigenvalue weighted by Gasteiger charge is 2.37. The van der Waals surface area contributed by atoms with E-state index in [1.807, 2.05) is 25.3 Å². The zero-order chi connectivity index (χ0) is 10.0. The molecule has 0 saturated carbocycles. The third kappa shape index (κ3) is 1.79. The fraction of sp³-hybridized carbons (Fsp3) is 0.545. The summed E-state index contributed by atoms with van der Waals surface area (Å²) in [5.74, 6) is 0. The first kappa shape index (κ1) is 9.62. The maximum Gasteiger partial charge on any atom is 0.0850 e. The smallest absolute Gasteiger partial charge is 0.0850 e. The summed E-state index contributed by atoms with van der Waals surface area (Å²) in [5, 5.41) is 13.6. The Kier molecular flexibility index (Phi) is 2.52. The summed E-state index contributed by atoms with van der Waals surface area (Å²) in [4.78, 5) is 4.05. The average molecular weight is 192 g/mol. The van der Waals surface area contributed by atoms with Gasteiger partial charge in [-0.2, -0.15) is 0 Å². The van der Waals surface area contributed by atoms with Crippen molar-refractivity contribution in [1.29, 1.82) is 0 Å². The second-order valence-electron chi connectivity index (χ2n) is 4.07. The summed E-state index contributed by atoms with van der Waals surface area (Å²) in [6.45, 7) is 2.93. The molecule has 0 aromatic carbocycles. The van der Waals surface area contributed by atoms with E-state index < -0.39 is 5.60 Å². The first-order valence-corrected chi connectivity index (χ1v) is 5.05. The van der Waals surface area contributed by atoms with Crippen molar-refractivity contribution in [1.82, 2.24) is 10.3 Å². The predicted molar refractivity (Wildman–Crippen MR) is 55.0 cm³/mol. The molecule has 14 heavy (non-hydrogen) atoms. The number of rotatable bonds is 2. The third-order valence-electron chi connectivity index (χ3n) is 3.05. The topological polar surface area (TPSA) is 45.1 Å². The Morgan fingerprint density at radius 1 is 1.71 bits per heavy atom. The highest BCUT2D eigenvalue weighted by molar-refractivity contribution is 5.14. The maximum absolute atomic E-state index is 10.3. The highest BCUT2D eigenvalue weighted by Crippen LogP contribution is 2.25. The average Bonchev–Trinajstić information content (AvgIpc) is 2.48. The second kappa shape index (κ2) is 3.67. The molecule has 1 fully saturated rings. The normalized spacial score (nSPS) is 32.0. The van der Waals surface area contributed by atoms with E-state index in [0.717, 1.165) is 18.5 Å². The van der Waals surface area contributed by atoms with E-state index in [4.69, 9.17) is 0 Å². The van der Waals surface area contributed by atoms with Gasteiger partial charge in [-0.15, -0.1) is 0 Å². The zero-order valence-electron chi connectivity index (χ0n) is 8.40. The van der Waals surface area contributed by atoms with Gasteiger partial charge in [0.2, 0.25) is 0 Å². The molecule has 76 valence electrons. The van der Waals surface area contributed by atoms with Crippen LogP contribution in [0, 0.1) is 0 Å². The van der Waals surface area contributed by atoms with Crippen molar-refractivity contribution in [3.63, 3.8) is 0 Å². The van der Waals surface area contributed by atoms with E-state index in [9.17, 15) is 5.11 Å². The minimum Gasteiger partial charge on any atom is -0.388 e. The van der Waals surface area contributed by atoms with Gasteiger partial charge in [-0.05, 0) is 31.5 Å². The van der Waals surface area contributed by atoms with Gasteiger partial charge >= 0.3 is 0 Å². The van der Waals surface area contributed by atoms with Crippen LogP contribution in [-0.2, 0) is 6.42 Å². The van der Waals surface area contributed by atoms with Gasteiger partial charge in [0.1, 0.15) is 0 Å². The van der Waals surface area contributed by atoms with Crippen LogP contribution < -0.4 is 5.32 Å². The number of aliphatic hydroxyl groups is 1. The summed E-state index contributed by atoms with van der Waals surface area (Å²) in [6, 6.07) is 4.09. The molecule has 2 unspecified atom stereocenters. The van der Waals surface area contributed by atoms with Gasteiger partial charge < -0.3 is 10.4 Å². The number of nitrogens with one attached hydrogen (secondary N) is 1. The fourth-order valence-electron chi connectivity index (χ4n) is 2.01. The molecule has 0 amide bonds. The van der Waals surface area contributed by atoms with Gasteiger partial charge in [0.05, 0.1) is 5.60 Å². The van der Waals surface area contributed by atoms with Crippen molar-refractivity contribution in [2.45, 2.75) is 31.4 Å². The summed E-state index contributed by atoms with van der Waals surface area (Å²) < 4.78 is 0. The Labute approximate surface area is 84.2 Å². The van der Waals surface area contributed by atoms with E-state index in [2.05, 4.69) is 10.3 Å². The zero-order valence-corrected chi connectivity index (χ0v) is 8.40. The quantitative estimate of drug-likeness (QED) is 0.726. The van der Waals surface area contributed by atoms with Crippen LogP contribution in [0.25, 0.3) is 0 Å². The van der Waals surface area contributed by atoms with Crippen molar-refractivity contribution in [3.8, 4) is 0 Å². The molecule has 1 saturated heterocycles. The molecule has 0 spiro atoms. The Bertz CT molecular complexity index is 301.